The molecule has 0 aliphatic carbocycles. The Balaban J connectivity index is 2.31. The van der Waals surface area contributed by atoms with E-state index < -0.39 is 0 Å². The maximum absolute atomic E-state index is 4.98. The fraction of sp³-hybridized carbons (Fsp3) is 0.727. The predicted molar refractivity (Wildman–Crippen MR) is 77.3 cm³/mol. The topological polar surface area (TPSA) is 37.4 Å². The first-order valence-corrected chi connectivity index (χ1v) is 7.83. The Morgan fingerprint density at radius 3 is 3.12 bits per heavy atom. The van der Waals surface area contributed by atoms with Crippen LogP contribution in [0.2, 0.25) is 0 Å². The molecule has 6 heteroatoms. The molecule has 1 aromatic rings. The highest BCUT2D eigenvalue weighted by atomic mass is 32.2. The molecule has 1 N–H and O–H groups in total. The van der Waals surface area contributed by atoms with Gasteiger partial charge in [0.25, 0.3) is 0 Å². The Morgan fingerprint density at radius 1 is 1.59 bits per heavy atom. The van der Waals surface area contributed by atoms with Crippen LogP contribution in [-0.4, -0.2) is 50.8 Å². The Morgan fingerprint density at radius 2 is 2.41 bits per heavy atom. The fourth-order valence-corrected chi connectivity index (χ4v) is 2.59. The van der Waals surface area contributed by atoms with Crippen LogP contribution < -0.4 is 10.2 Å². The summed E-state index contributed by atoms with van der Waals surface area (Å²) in [7, 11) is 3.81. The van der Waals surface area contributed by atoms with Gasteiger partial charge in [-0.2, -0.15) is 11.8 Å². The highest BCUT2D eigenvalue weighted by molar-refractivity contribution is 7.98. The van der Waals surface area contributed by atoms with Gasteiger partial charge in [0.05, 0.1) is 6.61 Å². The molecule has 4 nitrogen and oxygen atoms in total. The Bertz CT molecular complexity index is 307. The monoisotopic (exact) mass is 275 g/mol. The number of aromatic nitrogens is 1. The third-order valence-corrected chi connectivity index (χ3v) is 3.98. The summed E-state index contributed by atoms with van der Waals surface area (Å²) in [6.45, 7) is 3.55. The number of hydrogen-bond donors (Lipinski definition) is 1. The lowest BCUT2D eigenvalue weighted by atomic mass is 10.5. The number of hydrogen-bond acceptors (Lipinski definition) is 6. The smallest absolute Gasteiger partial charge is 0.185 e. The minimum atomic E-state index is 0.749. The van der Waals surface area contributed by atoms with E-state index in [9.17, 15) is 0 Å². The van der Waals surface area contributed by atoms with Gasteiger partial charge in [-0.1, -0.05) is 0 Å². The summed E-state index contributed by atoms with van der Waals surface area (Å²) in [4.78, 5) is 7.91. The van der Waals surface area contributed by atoms with E-state index in [0.717, 1.165) is 37.1 Å². The molecule has 0 saturated heterocycles. The molecule has 0 aliphatic rings. The summed E-state index contributed by atoms with van der Waals surface area (Å²) in [6.07, 6.45) is 4.08. The summed E-state index contributed by atoms with van der Waals surface area (Å²) in [5.41, 5.74) is 0. The van der Waals surface area contributed by atoms with Gasteiger partial charge >= 0.3 is 0 Å². The molecule has 0 aliphatic heterocycles. The summed E-state index contributed by atoms with van der Waals surface area (Å²) in [5.74, 6) is 1.14. The quantitative estimate of drug-likeness (QED) is 0.694. The van der Waals surface area contributed by atoms with Gasteiger partial charge in [-0.3, -0.25) is 0 Å². The minimum absolute atomic E-state index is 0.749. The third kappa shape index (κ3) is 5.72. The number of rotatable bonds is 9. The van der Waals surface area contributed by atoms with Gasteiger partial charge in [0, 0.05) is 50.6 Å². The van der Waals surface area contributed by atoms with E-state index in [4.69, 9.17) is 4.74 Å². The van der Waals surface area contributed by atoms with Crippen molar-refractivity contribution in [2.75, 3.05) is 50.8 Å². The van der Waals surface area contributed by atoms with Crippen molar-refractivity contribution in [3.8, 4) is 0 Å². The van der Waals surface area contributed by atoms with Gasteiger partial charge in [0.1, 0.15) is 0 Å². The highest BCUT2D eigenvalue weighted by Gasteiger charge is 2.06. The van der Waals surface area contributed by atoms with Crippen molar-refractivity contribution in [1.29, 1.82) is 0 Å². The van der Waals surface area contributed by atoms with Crippen molar-refractivity contribution < 1.29 is 4.74 Å². The lowest BCUT2D eigenvalue weighted by Gasteiger charge is -2.14. The van der Waals surface area contributed by atoms with Crippen LogP contribution in [0.3, 0.4) is 0 Å². The summed E-state index contributed by atoms with van der Waals surface area (Å²) >= 11 is 3.61. The zero-order valence-electron chi connectivity index (χ0n) is 10.7. The molecule has 0 unspecified atom stereocenters. The van der Waals surface area contributed by atoms with E-state index in [-0.39, 0.29) is 0 Å². The first-order chi connectivity index (χ1) is 8.27. The van der Waals surface area contributed by atoms with Crippen LogP contribution in [0.15, 0.2) is 6.20 Å². The van der Waals surface area contributed by atoms with Crippen molar-refractivity contribution in [1.82, 2.24) is 10.3 Å². The molecule has 0 bridgehead atoms. The summed E-state index contributed by atoms with van der Waals surface area (Å²) in [5, 5.41) is 4.42. The van der Waals surface area contributed by atoms with E-state index in [0.29, 0.717) is 0 Å². The molecule has 1 heterocycles. The highest BCUT2D eigenvalue weighted by Crippen LogP contribution is 2.21. The molecule has 0 spiro atoms. The van der Waals surface area contributed by atoms with Crippen LogP contribution in [-0.2, 0) is 11.3 Å². The molecule has 0 amide bonds. The maximum atomic E-state index is 4.98. The molecular weight excluding hydrogens is 254 g/mol. The average Bonchev–Trinajstić information content (AvgIpc) is 2.80. The Labute approximate surface area is 112 Å². The molecule has 0 saturated carbocycles. The minimum Gasteiger partial charge on any atom is -0.383 e. The van der Waals surface area contributed by atoms with Crippen LogP contribution in [0.5, 0.6) is 0 Å². The zero-order valence-corrected chi connectivity index (χ0v) is 12.4. The van der Waals surface area contributed by atoms with Gasteiger partial charge in [-0.05, 0) is 6.26 Å². The molecule has 0 fully saturated rings. The van der Waals surface area contributed by atoms with Gasteiger partial charge < -0.3 is 15.0 Å². The molecule has 1 rings (SSSR count). The van der Waals surface area contributed by atoms with Gasteiger partial charge in [-0.15, -0.1) is 11.3 Å². The van der Waals surface area contributed by atoms with E-state index >= 15 is 0 Å². The van der Waals surface area contributed by atoms with E-state index in [1.54, 1.807) is 18.4 Å². The van der Waals surface area contributed by atoms with Gasteiger partial charge in [-0.25, -0.2) is 4.98 Å². The zero-order chi connectivity index (χ0) is 12.5. The third-order valence-electron chi connectivity index (χ3n) is 2.28. The molecule has 17 heavy (non-hydrogen) atoms. The van der Waals surface area contributed by atoms with Crippen molar-refractivity contribution in [3.63, 3.8) is 0 Å². The van der Waals surface area contributed by atoms with Gasteiger partial charge in [0.15, 0.2) is 5.13 Å². The summed E-state index contributed by atoms with van der Waals surface area (Å²) in [6, 6.07) is 0. The van der Waals surface area contributed by atoms with Crippen molar-refractivity contribution in [2.45, 2.75) is 6.54 Å². The van der Waals surface area contributed by atoms with E-state index in [1.165, 1.54) is 4.88 Å². The molecule has 98 valence electrons. The molecule has 0 radical (unpaired) electrons. The maximum Gasteiger partial charge on any atom is 0.185 e. The molecular formula is C11H21N3OS2. The lowest BCUT2D eigenvalue weighted by Crippen LogP contribution is -2.19. The van der Waals surface area contributed by atoms with Crippen LogP contribution in [0.25, 0.3) is 0 Å². The number of nitrogens with one attached hydrogen (secondary N) is 1. The van der Waals surface area contributed by atoms with E-state index in [1.807, 2.05) is 18.0 Å². The van der Waals surface area contributed by atoms with Crippen LogP contribution in [0.1, 0.15) is 4.88 Å². The second-order valence-corrected chi connectivity index (χ2v) is 5.77. The number of thiazole rings is 1. The predicted octanol–water partition coefficient (Wildman–Crippen LogP) is 1.68. The SMILES string of the molecule is COCCNCc1cnc(N(C)CCSC)s1. The standard InChI is InChI=1S/C11H21N3OS2/c1-14(5-7-16-3)11-13-9-10(17-11)8-12-4-6-15-2/h9,12H,4-8H2,1-3H3. The fourth-order valence-electron chi connectivity index (χ4n) is 1.27. The van der Waals surface area contributed by atoms with Crippen LogP contribution in [0.4, 0.5) is 5.13 Å². The number of ether oxygens (including phenoxy) is 1. The first-order valence-electron chi connectivity index (χ1n) is 5.62. The number of thioether (sulfide) groups is 1. The molecule has 0 aromatic carbocycles. The number of nitrogens with zero attached hydrogens (tertiary/aromatic N) is 2. The van der Waals surface area contributed by atoms with Crippen molar-refractivity contribution >= 4 is 28.2 Å². The second-order valence-electron chi connectivity index (χ2n) is 3.69. The van der Waals surface area contributed by atoms with E-state index in [2.05, 4.69) is 28.5 Å². The second kappa shape index (κ2) is 8.74. The van der Waals surface area contributed by atoms with Crippen molar-refractivity contribution in [2.24, 2.45) is 0 Å². The summed E-state index contributed by atoms with van der Waals surface area (Å²) < 4.78 is 4.98. The normalized spacial score (nSPS) is 10.8. The number of anilines is 1. The number of methoxy groups -OCH3 is 1. The average molecular weight is 275 g/mol. The van der Waals surface area contributed by atoms with Crippen LogP contribution in [0, 0.1) is 0 Å². The lowest BCUT2D eigenvalue weighted by molar-refractivity contribution is 0.199. The van der Waals surface area contributed by atoms with Crippen molar-refractivity contribution in [3.05, 3.63) is 11.1 Å². The van der Waals surface area contributed by atoms with Gasteiger partial charge in [0.2, 0.25) is 0 Å². The largest absolute Gasteiger partial charge is 0.383 e. The Hall–Kier alpha value is -0.300. The van der Waals surface area contributed by atoms with Crippen LogP contribution >= 0.6 is 23.1 Å². The molecule has 1 aromatic heterocycles. The first kappa shape index (κ1) is 14.8. The Kier molecular flexibility index (Phi) is 7.59. The molecule has 0 atom stereocenters.